The standard InChI is InChI=1S/C17H16N4O2/c1-11-8-22-17(23-11)16(10-19)14(2,12-6-4-3-5-7-12)15(16,9-18)13(20)21-17/h3-7,11H,8H2,1-2H3,(H2,20,21)/t11-,14+,15+,16-,17-/m1/s1. The minimum atomic E-state index is -1.51. The predicted octanol–water partition coefficient (Wildman–Crippen LogP) is 1.44. The Kier molecular flexibility index (Phi) is 2.42. The highest BCUT2D eigenvalue weighted by molar-refractivity contribution is 6.02. The van der Waals surface area contributed by atoms with Crippen molar-refractivity contribution in [1.82, 2.24) is 0 Å². The fourth-order valence-corrected chi connectivity index (χ4v) is 4.60. The van der Waals surface area contributed by atoms with Crippen molar-refractivity contribution in [3.63, 3.8) is 0 Å². The summed E-state index contributed by atoms with van der Waals surface area (Å²) in [6.45, 7) is 4.03. The number of benzene rings is 1. The van der Waals surface area contributed by atoms with Gasteiger partial charge in [0, 0.05) is 5.41 Å². The Hall–Kier alpha value is -2.41. The molecule has 2 heterocycles. The van der Waals surface area contributed by atoms with Crippen LogP contribution in [0.15, 0.2) is 35.3 Å². The summed E-state index contributed by atoms with van der Waals surface area (Å²) in [6.07, 6.45) is -0.216. The fourth-order valence-electron chi connectivity index (χ4n) is 4.60. The van der Waals surface area contributed by atoms with E-state index in [1.165, 1.54) is 0 Å². The number of nitriles is 2. The van der Waals surface area contributed by atoms with Gasteiger partial charge in [-0.15, -0.1) is 0 Å². The molecule has 2 aliphatic heterocycles. The van der Waals surface area contributed by atoms with E-state index in [0.29, 0.717) is 6.61 Å². The average molecular weight is 308 g/mol. The summed E-state index contributed by atoms with van der Waals surface area (Å²) in [6, 6.07) is 14.0. The van der Waals surface area contributed by atoms with Gasteiger partial charge in [-0.1, -0.05) is 37.3 Å². The molecule has 1 aromatic rings. The maximum absolute atomic E-state index is 10.1. The first kappa shape index (κ1) is 14.2. The van der Waals surface area contributed by atoms with Gasteiger partial charge in [-0.3, -0.25) is 0 Å². The summed E-state index contributed by atoms with van der Waals surface area (Å²) in [5.74, 6) is -1.40. The van der Waals surface area contributed by atoms with Crippen LogP contribution in [0.1, 0.15) is 19.4 Å². The highest BCUT2D eigenvalue weighted by Crippen LogP contribution is 2.85. The van der Waals surface area contributed by atoms with Gasteiger partial charge in [-0.2, -0.15) is 10.5 Å². The molecule has 0 amide bonds. The molecule has 0 bridgehead atoms. The summed E-state index contributed by atoms with van der Waals surface area (Å²) < 4.78 is 11.7. The highest BCUT2D eigenvalue weighted by atomic mass is 16.8. The van der Waals surface area contributed by atoms with Gasteiger partial charge in [0.1, 0.15) is 5.84 Å². The first-order valence-corrected chi connectivity index (χ1v) is 7.51. The van der Waals surface area contributed by atoms with Gasteiger partial charge in [0.15, 0.2) is 10.8 Å². The number of fused-ring (bicyclic) bond motifs is 2. The molecule has 1 saturated heterocycles. The molecule has 116 valence electrons. The summed E-state index contributed by atoms with van der Waals surface area (Å²) in [7, 11) is 0. The molecule has 6 heteroatoms. The number of aliphatic imine (C=N–C) groups is 1. The molecule has 23 heavy (non-hydrogen) atoms. The first-order valence-electron chi connectivity index (χ1n) is 7.51. The number of nitrogens with two attached hydrogens (primary N) is 1. The van der Waals surface area contributed by atoms with Crippen molar-refractivity contribution < 1.29 is 9.47 Å². The molecule has 0 aromatic heterocycles. The number of hydrogen-bond donors (Lipinski definition) is 1. The summed E-state index contributed by atoms with van der Waals surface area (Å²) in [5.41, 5.74) is 3.62. The smallest absolute Gasteiger partial charge is 0.294 e. The van der Waals surface area contributed by atoms with Crippen molar-refractivity contribution in [1.29, 1.82) is 10.5 Å². The number of nitrogens with zero attached hydrogens (tertiary/aromatic N) is 3. The number of ether oxygens (including phenoxy) is 2. The van der Waals surface area contributed by atoms with Crippen molar-refractivity contribution in [2.45, 2.75) is 31.3 Å². The molecule has 0 radical (unpaired) electrons. The second-order valence-corrected chi connectivity index (χ2v) is 6.53. The van der Waals surface area contributed by atoms with Crippen LogP contribution in [0.2, 0.25) is 0 Å². The van der Waals surface area contributed by atoms with Crippen molar-refractivity contribution in [2.75, 3.05) is 6.61 Å². The van der Waals surface area contributed by atoms with Crippen LogP contribution in [0, 0.1) is 33.5 Å². The molecule has 1 spiro atoms. The largest absolute Gasteiger partial charge is 0.386 e. The molecular weight excluding hydrogens is 292 g/mol. The van der Waals surface area contributed by atoms with E-state index in [1.807, 2.05) is 44.2 Å². The molecule has 2 fully saturated rings. The third-order valence-electron chi connectivity index (χ3n) is 5.69. The van der Waals surface area contributed by atoms with Gasteiger partial charge in [0.2, 0.25) is 0 Å². The maximum Gasteiger partial charge on any atom is 0.294 e. The normalized spacial score (nSPS) is 46.8. The van der Waals surface area contributed by atoms with E-state index < -0.39 is 22.2 Å². The molecule has 1 saturated carbocycles. The molecule has 1 aliphatic carbocycles. The Morgan fingerprint density at radius 1 is 1.26 bits per heavy atom. The monoisotopic (exact) mass is 308 g/mol. The van der Waals surface area contributed by atoms with E-state index in [4.69, 9.17) is 15.2 Å². The zero-order valence-corrected chi connectivity index (χ0v) is 12.9. The molecule has 3 aliphatic rings. The molecular formula is C17H16N4O2. The van der Waals surface area contributed by atoms with Gasteiger partial charge in [0.25, 0.3) is 5.91 Å². The summed E-state index contributed by atoms with van der Waals surface area (Å²) in [5, 5.41) is 20.1. The van der Waals surface area contributed by atoms with Crippen LogP contribution in [0.5, 0.6) is 0 Å². The van der Waals surface area contributed by atoms with Crippen LogP contribution in [-0.2, 0) is 14.9 Å². The third kappa shape index (κ3) is 1.12. The maximum atomic E-state index is 10.1. The minimum absolute atomic E-state index is 0.113. The molecule has 2 N–H and O–H groups in total. The Morgan fingerprint density at radius 3 is 2.48 bits per heavy atom. The number of rotatable bonds is 1. The molecule has 0 unspecified atom stereocenters. The lowest BCUT2D eigenvalue weighted by molar-refractivity contribution is -0.196. The SMILES string of the molecule is C[C@@H]1CO[C@@]2(N=C(N)[C@@]3(C#N)[C@](C)(c4ccccc4)[C@@]23C#N)O1. The Bertz CT molecular complexity index is 810. The number of hydrogen-bond acceptors (Lipinski definition) is 6. The molecule has 6 nitrogen and oxygen atoms in total. The van der Waals surface area contributed by atoms with Gasteiger partial charge < -0.3 is 15.2 Å². The Morgan fingerprint density at radius 2 is 1.96 bits per heavy atom. The van der Waals surface area contributed by atoms with Crippen LogP contribution >= 0.6 is 0 Å². The van der Waals surface area contributed by atoms with Crippen molar-refractivity contribution in [3.05, 3.63) is 35.9 Å². The lowest BCUT2D eigenvalue weighted by atomic mass is 9.85. The summed E-state index contributed by atoms with van der Waals surface area (Å²) >= 11 is 0. The van der Waals surface area contributed by atoms with Gasteiger partial charge in [-0.05, 0) is 12.5 Å². The van der Waals surface area contributed by atoms with Crippen LogP contribution in [-0.4, -0.2) is 24.5 Å². The van der Waals surface area contributed by atoms with Crippen molar-refractivity contribution >= 4 is 5.84 Å². The van der Waals surface area contributed by atoms with Crippen molar-refractivity contribution in [2.24, 2.45) is 21.6 Å². The molecule has 4 rings (SSSR count). The van der Waals surface area contributed by atoms with E-state index in [9.17, 15) is 10.5 Å². The molecule has 5 atom stereocenters. The minimum Gasteiger partial charge on any atom is -0.386 e. The average Bonchev–Trinajstić information content (AvgIpc) is 2.74. The van der Waals surface area contributed by atoms with Crippen LogP contribution in [0.25, 0.3) is 0 Å². The van der Waals surface area contributed by atoms with E-state index in [-0.39, 0.29) is 11.9 Å². The highest BCUT2D eigenvalue weighted by Gasteiger charge is 3.00. The Balaban J connectivity index is 2.01. The zero-order valence-electron chi connectivity index (χ0n) is 12.9. The predicted molar refractivity (Wildman–Crippen MR) is 80.7 cm³/mol. The molecule has 1 aromatic carbocycles. The van der Waals surface area contributed by atoms with Gasteiger partial charge >= 0.3 is 0 Å². The lowest BCUT2D eigenvalue weighted by Crippen LogP contribution is -2.42. The van der Waals surface area contributed by atoms with E-state index in [1.54, 1.807) is 0 Å². The van der Waals surface area contributed by atoms with E-state index in [0.717, 1.165) is 5.56 Å². The fraction of sp³-hybridized carbons (Fsp3) is 0.471. The Labute approximate surface area is 134 Å². The van der Waals surface area contributed by atoms with Gasteiger partial charge in [-0.25, -0.2) is 4.99 Å². The summed E-state index contributed by atoms with van der Waals surface area (Å²) in [4.78, 5) is 4.31. The quantitative estimate of drug-likeness (QED) is 0.845. The number of amidine groups is 1. The van der Waals surface area contributed by atoms with Crippen LogP contribution < -0.4 is 5.73 Å². The second kappa shape index (κ2) is 3.91. The van der Waals surface area contributed by atoms with Crippen molar-refractivity contribution in [3.8, 4) is 12.1 Å². The lowest BCUT2D eigenvalue weighted by Gasteiger charge is -2.29. The van der Waals surface area contributed by atoms with E-state index in [2.05, 4.69) is 17.1 Å². The van der Waals surface area contributed by atoms with Crippen LogP contribution in [0.3, 0.4) is 0 Å². The second-order valence-electron chi connectivity index (χ2n) is 6.53. The third-order valence-corrected chi connectivity index (χ3v) is 5.69. The topological polar surface area (TPSA) is 104 Å². The zero-order chi connectivity index (χ0) is 16.5. The van der Waals surface area contributed by atoms with Gasteiger partial charge in [0.05, 0.1) is 24.8 Å². The first-order chi connectivity index (χ1) is 11.0. The van der Waals surface area contributed by atoms with Crippen LogP contribution in [0.4, 0.5) is 0 Å². The van der Waals surface area contributed by atoms with E-state index >= 15 is 0 Å².